The monoisotopic (exact) mass is 728 g/mol. The van der Waals surface area contributed by atoms with Gasteiger partial charge in [-0.05, 0) is 79.2 Å². The summed E-state index contributed by atoms with van der Waals surface area (Å²) in [6, 6.07) is 33.2. The highest BCUT2D eigenvalue weighted by atomic mass is 15.1. The molecule has 15 heteroatoms. The van der Waals surface area contributed by atoms with E-state index < -0.39 is 0 Å². The van der Waals surface area contributed by atoms with E-state index in [9.17, 15) is 0 Å². The Morgan fingerprint density at radius 3 is 1.12 bits per heavy atom. The van der Waals surface area contributed by atoms with Gasteiger partial charge in [-0.15, -0.1) is 38.2 Å². The molecule has 2 nitrogen and oxygen atoms in total. The third-order valence-corrected chi connectivity index (χ3v) is 11.5. The fraction of sp³-hybridized carbons (Fsp3) is 0. The van der Waals surface area contributed by atoms with E-state index in [1.54, 1.807) is 0 Å². The van der Waals surface area contributed by atoms with Crippen LogP contribution < -0.4 is 71.0 Å². The van der Waals surface area contributed by atoms with Gasteiger partial charge in [-0.25, -0.2) is 4.98 Å². The third kappa shape index (κ3) is 5.93. The van der Waals surface area contributed by atoms with Gasteiger partial charge in [-0.2, -0.15) is 0 Å². The first-order chi connectivity index (χ1) is 28.7. The molecule has 0 aliphatic rings. The number of rotatable bonds is 5. The molecule has 1 heterocycles. The minimum absolute atomic E-state index is 0.0973. The van der Waals surface area contributed by atoms with Gasteiger partial charge in [-0.1, -0.05) is 112 Å². The lowest BCUT2D eigenvalue weighted by Gasteiger charge is -2.28. The van der Waals surface area contributed by atoms with E-state index in [2.05, 4.69) is 0 Å². The van der Waals surface area contributed by atoms with Gasteiger partial charge in [-0.3, -0.25) is 4.57 Å². The van der Waals surface area contributed by atoms with Gasteiger partial charge >= 0.3 is 0 Å². The largest absolute Gasteiger partial charge is 0.292 e. The van der Waals surface area contributed by atoms with E-state index in [1.807, 2.05) is 108 Å². The molecule has 0 unspecified atom stereocenters. The first kappa shape index (κ1) is 40.0. The van der Waals surface area contributed by atoms with Crippen molar-refractivity contribution in [3.05, 3.63) is 103 Å². The van der Waals surface area contributed by atoms with Crippen LogP contribution in [0, 0.1) is 0 Å². The number of fused-ring (bicyclic) bond motifs is 3. The van der Waals surface area contributed by atoms with Crippen molar-refractivity contribution in [2.75, 3.05) is 0 Å². The molecule has 9 aromatic rings. The standard InChI is InChI=1S/C45H17B13N2/c46-32-27-25(20-12-10-19(11-13-20)18-6-2-1-3-7-18)28-30(35(49)41(55)39(53)33(28)47)26(29(27)34(48)40(54)38(32)52)21-14-16-22(17-15-21)60-24-9-5-4-8-23(24)59-45(60)31-36(50)42(56)44(58)43(57)37(31)51/h1-17H. The third-order valence-electron chi connectivity index (χ3n) is 11.5. The van der Waals surface area contributed by atoms with Crippen molar-refractivity contribution in [2.45, 2.75) is 0 Å². The van der Waals surface area contributed by atoms with Gasteiger partial charge in [0.25, 0.3) is 0 Å². The van der Waals surface area contributed by atoms with Crippen molar-refractivity contribution in [1.29, 1.82) is 0 Å². The van der Waals surface area contributed by atoms with Crippen molar-refractivity contribution >= 4 is 206 Å². The average molecular weight is 726 g/mol. The Bertz CT molecular complexity index is 3160. The maximum absolute atomic E-state index is 6.98. The molecule has 0 atom stereocenters. The molecule has 0 saturated heterocycles. The van der Waals surface area contributed by atoms with Crippen LogP contribution in [0.5, 0.6) is 0 Å². The molecule has 0 saturated carbocycles. The van der Waals surface area contributed by atoms with Gasteiger partial charge in [0, 0.05) is 11.3 Å². The van der Waals surface area contributed by atoms with Crippen LogP contribution in [0.2, 0.25) is 0 Å². The molecule has 8 aromatic carbocycles. The Labute approximate surface area is 366 Å². The fourth-order valence-electron chi connectivity index (χ4n) is 8.31. The number of nitrogens with zero attached hydrogens (tertiary/aromatic N) is 2. The van der Waals surface area contributed by atoms with Gasteiger partial charge < -0.3 is 0 Å². The summed E-state index contributed by atoms with van der Waals surface area (Å²) >= 11 is 0. The Kier molecular flexibility index (Phi) is 9.97. The second kappa shape index (κ2) is 14.9. The number of benzene rings is 8. The summed E-state index contributed by atoms with van der Waals surface area (Å²) in [7, 11) is 86.3. The molecule has 1 aromatic heterocycles. The van der Waals surface area contributed by atoms with Crippen LogP contribution in [0.4, 0.5) is 0 Å². The zero-order chi connectivity index (χ0) is 42.5. The summed E-state index contributed by atoms with van der Waals surface area (Å²) in [4.78, 5) is 4.93. The van der Waals surface area contributed by atoms with E-state index in [0.717, 1.165) is 22.2 Å². The molecule has 246 valence electrons. The van der Waals surface area contributed by atoms with E-state index in [0.29, 0.717) is 60.8 Å². The number of imidazole rings is 1. The summed E-state index contributed by atoms with van der Waals surface area (Å²) in [5.41, 5.74) is 8.97. The zero-order valence-electron chi connectivity index (χ0n) is 32.2. The second-order valence-corrected chi connectivity index (χ2v) is 14.8. The lowest BCUT2D eigenvalue weighted by Crippen LogP contribution is -2.55. The highest BCUT2D eigenvalue weighted by Gasteiger charge is 2.25. The van der Waals surface area contributed by atoms with E-state index in [-0.39, 0.29) is 71.0 Å². The van der Waals surface area contributed by atoms with Crippen molar-refractivity contribution in [3.8, 4) is 50.5 Å². The molecule has 0 spiro atoms. The van der Waals surface area contributed by atoms with Crippen LogP contribution in [0.3, 0.4) is 0 Å². The highest BCUT2D eigenvalue weighted by molar-refractivity contribution is 6.72. The van der Waals surface area contributed by atoms with Gasteiger partial charge in [0.15, 0.2) is 0 Å². The molecule has 0 bridgehead atoms. The molecule has 0 aliphatic carbocycles. The van der Waals surface area contributed by atoms with Crippen molar-refractivity contribution in [1.82, 2.24) is 9.55 Å². The van der Waals surface area contributed by atoms with Crippen LogP contribution in [0.25, 0.3) is 83.0 Å². The Balaban J connectivity index is 1.35. The predicted octanol–water partition coefficient (Wildman–Crippen LogP) is -3.68. The van der Waals surface area contributed by atoms with Gasteiger partial charge in [0.05, 0.1) is 11.0 Å². The number of hydrogen-bond donors (Lipinski definition) is 0. The normalized spacial score (nSPS) is 11.5. The molecule has 60 heavy (non-hydrogen) atoms. The summed E-state index contributed by atoms with van der Waals surface area (Å²) in [6.45, 7) is 0. The second-order valence-electron chi connectivity index (χ2n) is 14.8. The van der Waals surface area contributed by atoms with E-state index in [4.69, 9.17) is 107 Å². The molecule has 26 radical (unpaired) electrons. The Morgan fingerprint density at radius 1 is 0.300 bits per heavy atom. The highest BCUT2D eigenvalue weighted by Crippen LogP contribution is 2.41. The van der Waals surface area contributed by atoms with Crippen molar-refractivity contribution in [2.24, 2.45) is 0 Å². The molecule has 0 amide bonds. The molecular weight excluding hydrogens is 709 g/mol. The first-order valence-corrected chi connectivity index (χ1v) is 18.8. The van der Waals surface area contributed by atoms with Gasteiger partial charge in [0.1, 0.15) is 108 Å². The fourth-order valence-corrected chi connectivity index (χ4v) is 8.31. The van der Waals surface area contributed by atoms with Crippen molar-refractivity contribution in [3.63, 3.8) is 0 Å². The number of para-hydroxylation sites is 2. The van der Waals surface area contributed by atoms with Gasteiger partial charge in [0.2, 0.25) is 0 Å². The smallest absolute Gasteiger partial charge is 0.144 e. The lowest BCUT2D eigenvalue weighted by molar-refractivity contribution is 1.11. The van der Waals surface area contributed by atoms with Crippen LogP contribution in [-0.4, -0.2) is 112 Å². The van der Waals surface area contributed by atoms with Crippen LogP contribution in [-0.2, 0) is 0 Å². The zero-order valence-corrected chi connectivity index (χ0v) is 32.2. The maximum Gasteiger partial charge on any atom is 0.144 e. The molecular formula is C45H17B13N2. The minimum atomic E-state index is 0.0973. The van der Waals surface area contributed by atoms with E-state index >= 15 is 0 Å². The summed E-state index contributed by atoms with van der Waals surface area (Å²) in [5.74, 6) is 0.399. The van der Waals surface area contributed by atoms with Crippen LogP contribution in [0.15, 0.2) is 103 Å². The molecule has 0 aliphatic heterocycles. The minimum Gasteiger partial charge on any atom is -0.292 e. The average Bonchev–Trinajstić information content (AvgIpc) is 3.65. The molecule has 0 N–H and O–H groups in total. The number of aromatic nitrogens is 2. The summed E-state index contributed by atoms with van der Waals surface area (Å²) in [5, 5.41) is 2.03. The summed E-state index contributed by atoms with van der Waals surface area (Å²) < 4.78 is 1.91. The van der Waals surface area contributed by atoms with Crippen LogP contribution >= 0.6 is 0 Å². The predicted molar refractivity (Wildman–Crippen MR) is 268 cm³/mol. The quantitative estimate of drug-likeness (QED) is 0.132. The summed E-state index contributed by atoms with van der Waals surface area (Å²) in [6.07, 6.45) is 0. The molecule has 9 rings (SSSR count). The topological polar surface area (TPSA) is 17.8 Å². The SMILES string of the molecule is [B]c1c([B])c([B])c(-c2nc3ccccc3n2-c2ccc(-c3c4c([B])c([B])c([B])c([B])c4c(-c4ccc(-c5ccccc5)cc4)c4c([B])c([B])c([B])c([B])c34)cc2)c([B])c1[B]. The lowest BCUT2D eigenvalue weighted by atomic mass is 9.59. The van der Waals surface area contributed by atoms with E-state index in [1.165, 1.54) is 0 Å². The maximum atomic E-state index is 6.98. The molecule has 0 fully saturated rings. The number of hydrogen-bond acceptors (Lipinski definition) is 1. The Hall–Kier alpha value is -5.41. The van der Waals surface area contributed by atoms with Crippen molar-refractivity contribution < 1.29 is 0 Å². The van der Waals surface area contributed by atoms with Crippen LogP contribution in [0.1, 0.15) is 0 Å². The Morgan fingerprint density at radius 2 is 0.650 bits per heavy atom. The first-order valence-electron chi connectivity index (χ1n) is 18.8.